The maximum absolute atomic E-state index is 5.89. The van der Waals surface area contributed by atoms with Crippen LogP contribution in [-0.4, -0.2) is 0 Å². The van der Waals surface area contributed by atoms with Crippen LogP contribution in [0.4, 0.5) is 0 Å². The highest BCUT2D eigenvalue weighted by atomic mass is 32.1. The number of aryl methyl sites for hydroxylation is 1. The molecule has 0 nitrogen and oxygen atoms in total. The van der Waals surface area contributed by atoms with Crippen LogP contribution in [0.1, 0.15) is 24.5 Å². The van der Waals surface area contributed by atoms with Crippen LogP contribution in [-0.2, 0) is 6.42 Å². The lowest BCUT2D eigenvalue weighted by atomic mass is 9.91. The molecule has 24 heavy (non-hydrogen) atoms. The normalized spacial score (nSPS) is 10.4. The van der Waals surface area contributed by atoms with Crippen molar-refractivity contribution in [2.24, 2.45) is 0 Å². The van der Waals surface area contributed by atoms with Crippen molar-refractivity contribution in [2.75, 3.05) is 0 Å². The van der Waals surface area contributed by atoms with Crippen molar-refractivity contribution in [2.45, 2.75) is 24.7 Å². The largest absolute Gasteiger partial charge is 0.143 e. The second kappa shape index (κ2) is 7.43. The van der Waals surface area contributed by atoms with Gasteiger partial charge in [-0.05, 0) is 34.7 Å². The Labute approximate surface area is 150 Å². The number of hydrogen-bond donors (Lipinski definition) is 1. The molecule has 0 aromatic heterocycles. The summed E-state index contributed by atoms with van der Waals surface area (Å²) in [6.45, 7) is 2.19. The Balaban J connectivity index is 2.15. The fourth-order valence-corrected chi connectivity index (χ4v) is 3.33. The fraction of sp³-hybridized carbons (Fsp3) is 0.130. The van der Waals surface area contributed by atoms with Crippen molar-refractivity contribution in [3.05, 3.63) is 77.9 Å². The van der Waals surface area contributed by atoms with E-state index in [4.69, 9.17) is 6.42 Å². The van der Waals surface area contributed by atoms with E-state index in [0.29, 0.717) is 0 Å². The van der Waals surface area contributed by atoms with Gasteiger partial charge in [-0.15, -0.1) is 19.1 Å². The third-order valence-corrected chi connectivity index (χ3v) is 4.57. The number of rotatable bonds is 4. The van der Waals surface area contributed by atoms with Crippen molar-refractivity contribution < 1.29 is 0 Å². The second-order valence-corrected chi connectivity index (χ2v) is 6.32. The van der Waals surface area contributed by atoms with Gasteiger partial charge in [0, 0.05) is 16.0 Å². The van der Waals surface area contributed by atoms with E-state index >= 15 is 0 Å². The van der Waals surface area contributed by atoms with Crippen molar-refractivity contribution in [3.8, 4) is 34.6 Å². The van der Waals surface area contributed by atoms with E-state index in [0.717, 1.165) is 45.6 Å². The van der Waals surface area contributed by atoms with E-state index in [1.807, 2.05) is 24.3 Å². The summed E-state index contributed by atoms with van der Waals surface area (Å²) in [5.74, 6) is 2.89. The van der Waals surface area contributed by atoms with E-state index in [2.05, 4.69) is 67.9 Å². The molecule has 0 saturated heterocycles. The second-order valence-electron chi connectivity index (χ2n) is 5.84. The Morgan fingerprint density at radius 2 is 1.58 bits per heavy atom. The summed E-state index contributed by atoms with van der Waals surface area (Å²) in [6.07, 6.45) is 8.14. The predicted octanol–water partition coefficient (Wildman–Crippen LogP) is 6.24. The van der Waals surface area contributed by atoms with Gasteiger partial charge in [-0.25, -0.2) is 0 Å². The Morgan fingerprint density at radius 1 is 0.875 bits per heavy atom. The summed E-state index contributed by atoms with van der Waals surface area (Å²) >= 11 is 4.66. The quantitative estimate of drug-likeness (QED) is 0.425. The maximum atomic E-state index is 5.89. The first kappa shape index (κ1) is 16.4. The Kier molecular flexibility index (Phi) is 5.08. The summed E-state index contributed by atoms with van der Waals surface area (Å²) in [6, 6.07) is 23.0. The minimum atomic E-state index is 0.900. The van der Waals surface area contributed by atoms with Gasteiger partial charge in [0.2, 0.25) is 0 Å². The lowest BCUT2D eigenvalue weighted by Gasteiger charge is -2.14. The molecule has 0 saturated carbocycles. The van der Waals surface area contributed by atoms with E-state index in [1.165, 1.54) is 5.56 Å². The maximum Gasteiger partial charge on any atom is 0.0410 e. The number of terminal acetylenes is 1. The summed E-state index contributed by atoms with van der Waals surface area (Å²) in [7, 11) is 0. The molecule has 0 atom stereocenters. The van der Waals surface area contributed by atoms with Crippen LogP contribution < -0.4 is 0 Å². The molecule has 1 heteroatoms. The van der Waals surface area contributed by atoms with Crippen LogP contribution in [0.3, 0.4) is 0 Å². The molecule has 0 unspecified atom stereocenters. The molecule has 0 aliphatic carbocycles. The van der Waals surface area contributed by atoms with Crippen LogP contribution >= 0.6 is 12.6 Å². The van der Waals surface area contributed by atoms with Gasteiger partial charge in [-0.1, -0.05) is 79.9 Å². The van der Waals surface area contributed by atoms with Crippen LogP contribution in [0.15, 0.2) is 71.6 Å². The highest BCUT2D eigenvalue weighted by molar-refractivity contribution is 7.80. The molecule has 0 aliphatic heterocycles. The molecule has 0 N–H and O–H groups in total. The SMILES string of the molecule is C#Cc1c(-c2ccccc2)ccc(S)c1-c1ccc(CCC)cc1. The zero-order chi connectivity index (χ0) is 16.9. The fourth-order valence-electron chi connectivity index (χ4n) is 3.02. The first-order valence-corrected chi connectivity index (χ1v) is 8.66. The average molecular weight is 328 g/mol. The molecular formula is C23H20S. The molecular weight excluding hydrogens is 308 g/mol. The smallest absolute Gasteiger partial charge is 0.0410 e. The van der Waals surface area contributed by atoms with Gasteiger partial charge < -0.3 is 0 Å². The standard InChI is InChI=1S/C23H20S/c1-3-8-17-11-13-19(14-12-17)23-20(4-2)21(15-16-22(23)24)18-9-6-5-7-10-18/h2,5-7,9-16,24H,3,8H2,1H3. The minimum Gasteiger partial charge on any atom is -0.143 e. The number of thiol groups is 1. The van der Waals surface area contributed by atoms with Crippen molar-refractivity contribution in [3.63, 3.8) is 0 Å². The summed E-state index contributed by atoms with van der Waals surface area (Å²) < 4.78 is 0. The molecule has 3 rings (SSSR count). The van der Waals surface area contributed by atoms with Gasteiger partial charge in [0.25, 0.3) is 0 Å². The Bertz CT molecular complexity index is 868. The van der Waals surface area contributed by atoms with E-state index < -0.39 is 0 Å². The molecule has 0 bridgehead atoms. The number of hydrogen-bond acceptors (Lipinski definition) is 1. The van der Waals surface area contributed by atoms with Crippen LogP contribution in [0.25, 0.3) is 22.3 Å². The molecule has 0 spiro atoms. The van der Waals surface area contributed by atoms with Crippen LogP contribution in [0.5, 0.6) is 0 Å². The third kappa shape index (κ3) is 3.25. The predicted molar refractivity (Wildman–Crippen MR) is 106 cm³/mol. The van der Waals surface area contributed by atoms with Crippen molar-refractivity contribution in [1.82, 2.24) is 0 Å². The molecule has 0 aliphatic rings. The summed E-state index contributed by atoms with van der Waals surface area (Å²) in [5.41, 5.74) is 6.60. The Hall–Kier alpha value is -2.43. The zero-order valence-electron chi connectivity index (χ0n) is 13.8. The highest BCUT2D eigenvalue weighted by Crippen LogP contribution is 2.36. The molecule has 0 heterocycles. The lowest BCUT2D eigenvalue weighted by molar-refractivity contribution is 0.922. The monoisotopic (exact) mass is 328 g/mol. The van der Waals surface area contributed by atoms with Crippen LogP contribution in [0.2, 0.25) is 0 Å². The van der Waals surface area contributed by atoms with E-state index in [9.17, 15) is 0 Å². The molecule has 118 valence electrons. The van der Waals surface area contributed by atoms with Gasteiger partial charge >= 0.3 is 0 Å². The average Bonchev–Trinajstić information content (AvgIpc) is 2.63. The zero-order valence-corrected chi connectivity index (χ0v) is 14.7. The third-order valence-electron chi connectivity index (χ3n) is 4.19. The summed E-state index contributed by atoms with van der Waals surface area (Å²) in [5, 5.41) is 0. The Morgan fingerprint density at radius 3 is 2.21 bits per heavy atom. The van der Waals surface area contributed by atoms with Gasteiger partial charge in [-0.3, -0.25) is 0 Å². The highest BCUT2D eigenvalue weighted by Gasteiger charge is 2.13. The van der Waals surface area contributed by atoms with Gasteiger partial charge in [0.1, 0.15) is 0 Å². The molecule has 3 aromatic rings. The van der Waals surface area contributed by atoms with E-state index in [1.54, 1.807) is 0 Å². The first-order chi connectivity index (χ1) is 11.7. The van der Waals surface area contributed by atoms with E-state index in [-0.39, 0.29) is 0 Å². The van der Waals surface area contributed by atoms with Crippen LogP contribution in [0, 0.1) is 12.3 Å². The molecule has 3 aromatic carbocycles. The topological polar surface area (TPSA) is 0 Å². The minimum absolute atomic E-state index is 0.900. The van der Waals surface area contributed by atoms with Gasteiger partial charge in [0.15, 0.2) is 0 Å². The van der Waals surface area contributed by atoms with Crippen molar-refractivity contribution in [1.29, 1.82) is 0 Å². The van der Waals surface area contributed by atoms with Gasteiger partial charge in [0.05, 0.1) is 0 Å². The van der Waals surface area contributed by atoms with Gasteiger partial charge in [-0.2, -0.15) is 0 Å². The van der Waals surface area contributed by atoms with Crippen molar-refractivity contribution >= 4 is 12.6 Å². The summed E-state index contributed by atoms with van der Waals surface area (Å²) in [4.78, 5) is 0.908. The first-order valence-electron chi connectivity index (χ1n) is 8.22. The number of benzene rings is 3. The molecule has 0 amide bonds. The molecule has 0 fully saturated rings. The lowest BCUT2D eigenvalue weighted by Crippen LogP contribution is -1.92. The molecule has 0 radical (unpaired) electrons.